The molecule has 7 nitrogen and oxygen atoms in total. The van der Waals surface area contributed by atoms with Gasteiger partial charge in [-0.05, 0) is 49.4 Å². The summed E-state index contributed by atoms with van der Waals surface area (Å²) in [7, 11) is 1.27. The average Bonchev–Trinajstić information content (AvgIpc) is 3.11. The lowest BCUT2D eigenvalue weighted by molar-refractivity contribution is -0.122. The maximum Gasteiger partial charge on any atom is 0.337 e. The summed E-state index contributed by atoms with van der Waals surface area (Å²) in [4.78, 5) is 38.4. The smallest absolute Gasteiger partial charge is 0.337 e. The van der Waals surface area contributed by atoms with Crippen molar-refractivity contribution in [1.82, 2.24) is 0 Å². The van der Waals surface area contributed by atoms with Crippen LogP contribution < -0.4 is 15.0 Å². The van der Waals surface area contributed by atoms with Crippen LogP contribution in [0.25, 0.3) is 0 Å². The third-order valence-electron chi connectivity index (χ3n) is 4.60. The Morgan fingerprint density at radius 1 is 1.21 bits per heavy atom. The predicted octanol–water partition coefficient (Wildman–Crippen LogP) is 3.52. The van der Waals surface area contributed by atoms with Crippen LogP contribution in [0, 0.1) is 5.92 Å². The molecule has 1 aliphatic rings. The molecule has 8 heteroatoms. The number of amides is 2. The summed E-state index contributed by atoms with van der Waals surface area (Å²) in [6, 6.07) is 11.6. The highest BCUT2D eigenvalue weighted by molar-refractivity contribution is 6.34. The first kappa shape index (κ1) is 20.7. The van der Waals surface area contributed by atoms with Gasteiger partial charge >= 0.3 is 5.97 Å². The molecular formula is C21H21ClN2O5. The number of benzene rings is 2. The molecule has 1 heterocycles. The lowest BCUT2D eigenvalue weighted by Crippen LogP contribution is -2.28. The van der Waals surface area contributed by atoms with E-state index in [-0.39, 0.29) is 30.3 Å². The van der Waals surface area contributed by atoms with Crippen LogP contribution in [-0.4, -0.2) is 38.0 Å². The number of anilines is 2. The maximum atomic E-state index is 12.7. The van der Waals surface area contributed by atoms with E-state index in [0.29, 0.717) is 23.0 Å². The molecule has 0 bridgehead atoms. The van der Waals surface area contributed by atoms with Gasteiger partial charge in [0.25, 0.3) is 0 Å². The summed E-state index contributed by atoms with van der Waals surface area (Å²) in [5.74, 6) is -0.821. The molecule has 1 aliphatic heterocycles. The van der Waals surface area contributed by atoms with Crippen LogP contribution in [0.4, 0.5) is 11.4 Å². The summed E-state index contributed by atoms with van der Waals surface area (Å²) >= 11 is 6.13. The van der Waals surface area contributed by atoms with E-state index in [4.69, 9.17) is 16.3 Å². The zero-order chi connectivity index (χ0) is 21.0. The van der Waals surface area contributed by atoms with Gasteiger partial charge in [0.05, 0.1) is 35.9 Å². The molecule has 0 aliphatic carbocycles. The van der Waals surface area contributed by atoms with Crippen LogP contribution in [0.3, 0.4) is 0 Å². The first-order valence-electron chi connectivity index (χ1n) is 9.15. The standard InChI is InChI=1S/C21H21ClN2O5/c1-3-29-16-7-5-15(6-8-16)24-12-14(11-19(24)25)20(26)23-18-10-13(21(27)28-2)4-9-17(18)22/h4-10,14H,3,11-12H2,1-2H3,(H,23,26). The summed E-state index contributed by atoms with van der Waals surface area (Å²) in [6.45, 7) is 2.71. The Morgan fingerprint density at radius 3 is 2.59 bits per heavy atom. The van der Waals surface area contributed by atoms with E-state index in [9.17, 15) is 14.4 Å². The van der Waals surface area contributed by atoms with E-state index in [1.807, 2.05) is 6.92 Å². The molecule has 0 saturated carbocycles. The Hall–Kier alpha value is -3.06. The minimum absolute atomic E-state index is 0.0906. The van der Waals surface area contributed by atoms with Crippen molar-refractivity contribution >= 4 is 40.8 Å². The van der Waals surface area contributed by atoms with Gasteiger partial charge in [0.15, 0.2) is 0 Å². The van der Waals surface area contributed by atoms with E-state index in [1.165, 1.54) is 25.3 Å². The second-order valence-electron chi connectivity index (χ2n) is 6.51. The minimum atomic E-state index is -0.535. The number of methoxy groups -OCH3 is 1. The minimum Gasteiger partial charge on any atom is -0.494 e. The van der Waals surface area contributed by atoms with Crippen LogP contribution >= 0.6 is 11.6 Å². The summed E-state index contributed by atoms with van der Waals surface area (Å²) < 4.78 is 10.1. The second kappa shape index (κ2) is 8.96. The average molecular weight is 417 g/mol. The van der Waals surface area contributed by atoms with Crippen molar-refractivity contribution in [2.24, 2.45) is 5.92 Å². The predicted molar refractivity (Wildman–Crippen MR) is 109 cm³/mol. The fraction of sp³-hybridized carbons (Fsp3) is 0.286. The number of ether oxygens (including phenoxy) is 2. The molecule has 3 rings (SSSR count). The number of hydrogen-bond donors (Lipinski definition) is 1. The monoisotopic (exact) mass is 416 g/mol. The summed E-state index contributed by atoms with van der Waals surface area (Å²) in [5.41, 5.74) is 1.27. The zero-order valence-electron chi connectivity index (χ0n) is 16.1. The van der Waals surface area contributed by atoms with Gasteiger partial charge in [-0.1, -0.05) is 11.6 Å². The number of rotatable bonds is 6. The van der Waals surface area contributed by atoms with Crippen molar-refractivity contribution in [3.05, 3.63) is 53.1 Å². The van der Waals surface area contributed by atoms with Gasteiger partial charge in [0, 0.05) is 18.7 Å². The molecule has 0 radical (unpaired) electrons. The highest BCUT2D eigenvalue weighted by atomic mass is 35.5. The number of halogens is 1. The van der Waals surface area contributed by atoms with Crippen molar-refractivity contribution < 1.29 is 23.9 Å². The Bertz CT molecular complexity index is 929. The van der Waals surface area contributed by atoms with Crippen LogP contribution in [0.1, 0.15) is 23.7 Å². The Labute approximate surface area is 173 Å². The van der Waals surface area contributed by atoms with Gasteiger partial charge in [-0.3, -0.25) is 9.59 Å². The SMILES string of the molecule is CCOc1ccc(N2CC(C(=O)Nc3cc(C(=O)OC)ccc3Cl)CC2=O)cc1. The molecule has 0 spiro atoms. The van der Waals surface area contributed by atoms with E-state index in [0.717, 1.165) is 5.75 Å². The number of carbonyl (C=O) groups is 3. The topological polar surface area (TPSA) is 84.9 Å². The molecule has 2 amide bonds. The summed E-state index contributed by atoms with van der Waals surface area (Å²) in [5, 5.41) is 3.00. The van der Waals surface area contributed by atoms with Gasteiger partial charge in [0.2, 0.25) is 11.8 Å². The zero-order valence-corrected chi connectivity index (χ0v) is 16.9. The number of hydrogen-bond acceptors (Lipinski definition) is 5. The summed E-state index contributed by atoms with van der Waals surface area (Å²) in [6.07, 6.45) is 0.0906. The molecular weight excluding hydrogens is 396 g/mol. The number of esters is 1. The van der Waals surface area contributed by atoms with Crippen molar-refractivity contribution in [3.63, 3.8) is 0 Å². The molecule has 1 fully saturated rings. The van der Waals surface area contributed by atoms with Crippen LogP contribution in [-0.2, 0) is 14.3 Å². The highest BCUT2D eigenvalue weighted by Crippen LogP contribution is 2.29. The van der Waals surface area contributed by atoms with Crippen molar-refractivity contribution in [2.45, 2.75) is 13.3 Å². The van der Waals surface area contributed by atoms with Crippen molar-refractivity contribution in [2.75, 3.05) is 30.5 Å². The molecule has 1 atom stereocenters. The lowest BCUT2D eigenvalue weighted by atomic mass is 10.1. The van der Waals surface area contributed by atoms with Crippen LogP contribution in [0.2, 0.25) is 5.02 Å². The van der Waals surface area contributed by atoms with Crippen molar-refractivity contribution in [1.29, 1.82) is 0 Å². The third kappa shape index (κ3) is 4.68. The van der Waals surface area contributed by atoms with Crippen molar-refractivity contribution in [3.8, 4) is 5.75 Å². The molecule has 29 heavy (non-hydrogen) atoms. The first-order chi connectivity index (χ1) is 13.9. The molecule has 2 aromatic rings. The normalized spacial score (nSPS) is 15.9. The van der Waals surface area contributed by atoms with Gasteiger partial charge in [-0.25, -0.2) is 4.79 Å². The van der Waals surface area contributed by atoms with Gasteiger partial charge < -0.3 is 19.7 Å². The Balaban J connectivity index is 1.70. The molecule has 152 valence electrons. The molecule has 0 aromatic heterocycles. The molecule has 1 unspecified atom stereocenters. The van der Waals surface area contributed by atoms with Crippen LogP contribution in [0.5, 0.6) is 5.75 Å². The van der Waals surface area contributed by atoms with E-state index in [2.05, 4.69) is 10.1 Å². The Morgan fingerprint density at radius 2 is 1.93 bits per heavy atom. The van der Waals surface area contributed by atoms with Crippen LogP contribution in [0.15, 0.2) is 42.5 Å². The lowest BCUT2D eigenvalue weighted by Gasteiger charge is -2.17. The first-order valence-corrected chi connectivity index (χ1v) is 9.52. The second-order valence-corrected chi connectivity index (χ2v) is 6.91. The number of carbonyl (C=O) groups excluding carboxylic acids is 3. The maximum absolute atomic E-state index is 12.7. The quantitative estimate of drug-likeness (QED) is 0.728. The molecule has 1 saturated heterocycles. The molecule has 1 N–H and O–H groups in total. The fourth-order valence-electron chi connectivity index (χ4n) is 3.12. The van der Waals surface area contributed by atoms with Gasteiger partial charge in [0.1, 0.15) is 5.75 Å². The number of nitrogens with zero attached hydrogens (tertiary/aromatic N) is 1. The molecule has 2 aromatic carbocycles. The van der Waals surface area contributed by atoms with E-state index in [1.54, 1.807) is 29.2 Å². The van der Waals surface area contributed by atoms with Gasteiger partial charge in [-0.15, -0.1) is 0 Å². The highest BCUT2D eigenvalue weighted by Gasteiger charge is 2.35. The fourth-order valence-corrected chi connectivity index (χ4v) is 3.29. The Kier molecular flexibility index (Phi) is 6.39. The van der Waals surface area contributed by atoms with E-state index < -0.39 is 11.9 Å². The number of nitrogens with one attached hydrogen (secondary N) is 1. The largest absolute Gasteiger partial charge is 0.494 e. The third-order valence-corrected chi connectivity index (χ3v) is 4.93. The van der Waals surface area contributed by atoms with Gasteiger partial charge in [-0.2, -0.15) is 0 Å². The van der Waals surface area contributed by atoms with E-state index >= 15 is 0 Å².